The van der Waals surface area contributed by atoms with E-state index in [1.54, 1.807) is 36.6 Å². The van der Waals surface area contributed by atoms with Crippen LogP contribution in [0.4, 0.5) is 0 Å². The summed E-state index contributed by atoms with van der Waals surface area (Å²) in [5.41, 5.74) is 1.09. The average Bonchev–Trinajstić information content (AvgIpc) is 3.07. The molecule has 0 atom stereocenters. The summed E-state index contributed by atoms with van der Waals surface area (Å²) in [7, 11) is 3.53. The van der Waals surface area contributed by atoms with Gasteiger partial charge in [0.25, 0.3) is 5.91 Å². The van der Waals surface area contributed by atoms with E-state index in [0.717, 1.165) is 43.9 Å². The number of furan rings is 1. The van der Waals surface area contributed by atoms with E-state index in [9.17, 15) is 4.79 Å². The number of nitrogens with zero attached hydrogens (tertiary/aromatic N) is 3. The van der Waals surface area contributed by atoms with Crippen molar-refractivity contribution in [3.8, 4) is 0 Å². The van der Waals surface area contributed by atoms with Crippen LogP contribution in [-0.2, 0) is 19.4 Å². The van der Waals surface area contributed by atoms with Crippen molar-refractivity contribution in [2.75, 3.05) is 27.2 Å². The van der Waals surface area contributed by atoms with Crippen molar-refractivity contribution < 1.29 is 9.21 Å². The Morgan fingerprint density at radius 2 is 2.24 bits per heavy atom. The van der Waals surface area contributed by atoms with Crippen LogP contribution in [0.2, 0.25) is 0 Å². The number of carbonyl (C=O) groups excluding carboxylic acids is 1. The quantitative estimate of drug-likeness (QED) is 0.871. The van der Waals surface area contributed by atoms with Crippen LogP contribution >= 0.6 is 11.3 Å². The highest BCUT2D eigenvalue weighted by Crippen LogP contribution is 2.24. The second-order valence-corrected chi connectivity index (χ2v) is 6.53. The monoisotopic (exact) mass is 305 g/mol. The molecule has 0 saturated heterocycles. The summed E-state index contributed by atoms with van der Waals surface area (Å²) in [6.45, 7) is 2.77. The van der Waals surface area contributed by atoms with E-state index < -0.39 is 0 Å². The molecule has 2 aromatic rings. The fourth-order valence-electron chi connectivity index (χ4n) is 2.47. The second kappa shape index (κ2) is 5.99. The molecule has 5 nitrogen and oxygen atoms in total. The second-order valence-electron chi connectivity index (χ2n) is 5.44. The van der Waals surface area contributed by atoms with Crippen LogP contribution in [-0.4, -0.2) is 47.9 Å². The third-order valence-corrected chi connectivity index (χ3v) is 4.79. The van der Waals surface area contributed by atoms with E-state index in [0.29, 0.717) is 5.01 Å². The molecule has 1 amide bonds. The van der Waals surface area contributed by atoms with Gasteiger partial charge in [-0.3, -0.25) is 9.69 Å². The number of amides is 1. The summed E-state index contributed by atoms with van der Waals surface area (Å²) in [5, 5.41) is 0.615. The smallest absolute Gasteiger partial charge is 0.282 e. The van der Waals surface area contributed by atoms with Crippen molar-refractivity contribution in [1.29, 1.82) is 0 Å². The zero-order valence-electron chi connectivity index (χ0n) is 12.3. The Morgan fingerprint density at radius 1 is 1.43 bits per heavy atom. The van der Waals surface area contributed by atoms with Crippen molar-refractivity contribution in [3.05, 3.63) is 39.7 Å². The van der Waals surface area contributed by atoms with Crippen molar-refractivity contribution in [2.45, 2.75) is 19.4 Å². The van der Waals surface area contributed by atoms with Gasteiger partial charge in [0.15, 0.2) is 5.01 Å². The molecule has 112 valence electrons. The topological polar surface area (TPSA) is 49.6 Å². The van der Waals surface area contributed by atoms with Gasteiger partial charge in [0.2, 0.25) is 0 Å². The molecule has 0 radical (unpaired) electrons. The molecule has 3 heterocycles. The molecule has 2 aromatic heterocycles. The summed E-state index contributed by atoms with van der Waals surface area (Å²) in [4.78, 5) is 21.7. The van der Waals surface area contributed by atoms with E-state index in [1.807, 2.05) is 12.1 Å². The van der Waals surface area contributed by atoms with Crippen LogP contribution in [0.3, 0.4) is 0 Å². The molecule has 1 aliphatic rings. The molecule has 3 rings (SSSR count). The van der Waals surface area contributed by atoms with Gasteiger partial charge >= 0.3 is 0 Å². The number of hydrogen-bond acceptors (Lipinski definition) is 5. The molecule has 6 heteroatoms. The zero-order chi connectivity index (χ0) is 14.8. The Balaban J connectivity index is 1.67. The molecular weight excluding hydrogens is 286 g/mol. The van der Waals surface area contributed by atoms with Gasteiger partial charge in [-0.15, -0.1) is 11.3 Å². The Bertz CT molecular complexity index is 593. The van der Waals surface area contributed by atoms with E-state index >= 15 is 0 Å². The highest BCUT2D eigenvalue weighted by atomic mass is 32.1. The van der Waals surface area contributed by atoms with E-state index in [1.165, 1.54) is 4.88 Å². The first-order valence-corrected chi connectivity index (χ1v) is 7.90. The average molecular weight is 305 g/mol. The first-order chi connectivity index (χ1) is 10.1. The molecule has 0 bridgehead atoms. The first kappa shape index (κ1) is 14.3. The van der Waals surface area contributed by atoms with Crippen molar-refractivity contribution >= 4 is 17.2 Å². The lowest BCUT2D eigenvalue weighted by Crippen LogP contribution is -2.26. The van der Waals surface area contributed by atoms with Crippen molar-refractivity contribution in [3.63, 3.8) is 0 Å². The lowest BCUT2D eigenvalue weighted by atomic mass is 10.2. The van der Waals surface area contributed by atoms with Crippen molar-refractivity contribution in [1.82, 2.24) is 14.8 Å². The summed E-state index contributed by atoms with van der Waals surface area (Å²) in [6, 6.07) is 3.93. The summed E-state index contributed by atoms with van der Waals surface area (Å²) in [5.74, 6) is 0.997. The highest BCUT2D eigenvalue weighted by molar-refractivity contribution is 7.13. The van der Waals surface area contributed by atoms with Crippen LogP contribution in [0, 0.1) is 0 Å². The van der Waals surface area contributed by atoms with Gasteiger partial charge in [-0.1, -0.05) is 0 Å². The van der Waals surface area contributed by atoms with Crippen LogP contribution in [0.15, 0.2) is 22.8 Å². The minimum atomic E-state index is 0.000477. The Hall–Kier alpha value is -1.66. The lowest BCUT2D eigenvalue weighted by molar-refractivity contribution is 0.0827. The third kappa shape index (κ3) is 3.16. The van der Waals surface area contributed by atoms with Gasteiger partial charge in [-0.05, 0) is 18.6 Å². The van der Waals surface area contributed by atoms with Gasteiger partial charge < -0.3 is 9.32 Å². The van der Waals surface area contributed by atoms with Crippen LogP contribution in [0.1, 0.15) is 26.1 Å². The van der Waals surface area contributed by atoms with E-state index in [4.69, 9.17) is 4.42 Å². The maximum Gasteiger partial charge on any atom is 0.282 e. The van der Waals surface area contributed by atoms with Gasteiger partial charge in [-0.2, -0.15) is 0 Å². The zero-order valence-corrected chi connectivity index (χ0v) is 13.2. The SMILES string of the molecule is CN(C)C(=O)c1nc2c(s1)CCN(Cc1ccco1)CC2. The van der Waals surface area contributed by atoms with Crippen LogP contribution in [0.5, 0.6) is 0 Å². The molecule has 0 aliphatic carbocycles. The molecule has 0 unspecified atom stereocenters. The normalized spacial score (nSPS) is 15.5. The number of rotatable bonds is 3. The molecule has 0 aromatic carbocycles. The molecule has 0 N–H and O–H groups in total. The number of aromatic nitrogens is 1. The maximum absolute atomic E-state index is 12.0. The maximum atomic E-state index is 12.0. The minimum absolute atomic E-state index is 0.000477. The van der Waals surface area contributed by atoms with Crippen LogP contribution < -0.4 is 0 Å². The van der Waals surface area contributed by atoms with Gasteiger partial charge in [0, 0.05) is 38.5 Å². The number of thiazole rings is 1. The molecule has 0 saturated carbocycles. The van der Waals surface area contributed by atoms with E-state index in [-0.39, 0.29) is 5.91 Å². The van der Waals surface area contributed by atoms with Crippen molar-refractivity contribution in [2.24, 2.45) is 0 Å². The molecule has 1 aliphatic heterocycles. The molecule has 21 heavy (non-hydrogen) atoms. The Kier molecular flexibility index (Phi) is 4.07. The summed E-state index contributed by atoms with van der Waals surface area (Å²) in [6.07, 6.45) is 3.56. The largest absolute Gasteiger partial charge is 0.468 e. The predicted molar refractivity (Wildman–Crippen MR) is 81.5 cm³/mol. The number of hydrogen-bond donors (Lipinski definition) is 0. The highest BCUT2D eigenvalue weighted by Gasteiger charge is 2.22. The Labute approximate surface area is 128 Å². The summed E-state index contributed by atoms with van der Waals surface area (Å²) < 4.78 is 5.41. The summed E-state index contributed by atoms with van der Waals surface area (Å²) >= 11 is 1.54. The predicted octanol–water partition coefficient (Wildman–Crippen LogP) is 2.04. The number of fused-ring (bicyclic) bond motifs is 1. The molecule has 0 spiro atoms. The first-order valence-electron chi connectivity index (χ1n) is 7.08. The fraction of sp³-hybridized carbons (Fsp3) is 0.467. The fourth-order valence-corrected chi connectivity index (χ4v) is 3.59. The minimum Gasteiger partial charge on any atom is -0.468 e. The van der Waals surface area contributed by atoms with Gasteiger partial charge in [0.1, 0.15) is 5.76 Å². The standard InChI is InChI=1S/C15H19N3O2S/c1-17(2)15(19)14-16-12-5-7-18(8-6-13(12)21-14)10-11-4-3-9-20-11/h3-4,9H,5-8,10H2,1-2H3. The molecular formula is C15H19N3O2S. The lowest BCUT2D eigenvalue weighted by Gasteiger charge is -2.17. The van der Waals surface area contributed by atoms with Gasteiger partial charge in [0.05, 0.1) is 18.5 Å². The molecule has 0 fully saturated rings. The van der Waals surface area contributed by atoms with Crippen LogP contribution in [0.25, 0.3) is 0 Å². The number of carbonyl (C=O) groups is 1. The van der Waals surface area contributed by atoms with Gasteiger partial charge in [-0.25, -0.2) is 4.98 Å². The Morgan fingerprint density at radius 3 is 2.95 bits per heavy atom. The third-order valence-electron chi connectivity index (χ3n) is 3.65. The van der Waals surface area contributed by atoms with E-state index in [2.05, 4.69) is 9.88 Å².